The first-order chi connectivity index (χ1) is 8.58. The fourth-order valence-electron chi connectivity index (χ4n) is 2.29. The van der Waals surface area contributed by atoms with E-state index < -0.39 is 0 Å². The maximum absolute atomic E-state index is 12.1. The van der Waals surface area contributed by atoms with E-state index in [-0.39, 0.29) is 17.9 Å². The fraction of sp³-hybridized carbons (Fsp3) is 0.462. The lowest BCUT2D eigenvalue weighted by atomic mass is 9.84. The number of hydrogen-bond donors (Lipinski definition) is 2. The monoisotopic (exact) mass is 286 g/mol. The van der Waals surface area contributed by atoms with E-state index in [0.717, 1.165) is 25.7 Å². The standard InChI is InChI=1S/C13H16Cl2N2O/c14-10-6-5-8(7-11(10)15)17-13(18)9-3-1-2-4-12(9)16/h5-7,9,12H,1-4,16H2,(H,17,18). The second-order valence-corrected chi connectivity index (χ2v) is 5.49. The summed E-state index contributed by atoms with van der Waals surface area (Å²) in [5, 5.41) is 3.76. The Morgan fingerprint density at radius 2 is 1.94 bits per heavy atom. The maximum Gasteiger partial charge on any atom is 0.229 e. The van der Waals surface area contributed by atoms with Crippen LogP contribution in [0.1, 0.15) is 25.7 Å². The molecule has 0 radical (unpaired) electrons. The lowest BCUT2D eigenvalue weighted by molar-refractivity contribution is -0.121. The van der Waals surface area contributed by atoms with Gasteiger partial charge in [-0.25, -0.2) is 0 Å². The van der Waals surface area contributed by atoms with Gasteiger partial charge in [0, 0.05) is 11.7 Å². The molecule has 0 bridgehead atoms. The third-order valence-electron chi connectivity index (χ3n) is 3.34. The van der Waals surface area contributed by atoms with E-state index in [4.69, 9.17) is 28.9 Å². The molecule has 2 atom stereocenters. The highest BCUT2D eigenvalue weighted by molar-refractivity contribution is 6.42. The van der Waals surface area contributed by atoms with Crippen molar-refractivity contribution < 1.29 is 4.79 Å². The first kappa shape index (κ1) is 13.7. The number of halogens is 2. The number of nitrogens with two attached hydrogens (primary N) is 1. The molecule has 1 aliphatic carbocycles. The zero-order chi connectivity index (χ0) is 13.1. The summed E-state index contributed by atoms with van der Waals surface area (Å²) in [5.74, 6) is -0.131. The Balaban J connectivity index is 2.04. The van der Waals surface area contributed by atoms with Crippen LogP contribution in [0.2, 0.25) is 10.0 Å². The van der Waals surface area contributed by atoms with Crippen LogP contribution in [0.25, 0.3) is 0 Å². The predicted molar refractivity (Wildman–Crippen MR) is 75.0 cm³/mol. The summed E-state index contributed by atoms with van der Waals surface area (Å²) < 4.78 is 0. The van der Waals surface area contributed by atoms with E-state index in [1.54, 1.807) is 18.2 Å². The second-order valence-electron chi connectivity index (χ2n) is 4.67. The van der Waals surface area contributed by atoms with Crippen LogP contribution >= 0.6 is 23.2 Å². The topological polar surface area (TPSA) is 55.1 Å². The summed E-state index contributed by atoms with van der Waals surface area (Å²) in [6.45, 7) is 0. The molecule has 1 aromatic carbocycles. The van der Waals surface area contributed by atoms with Gasteiger partial charge >= 0.3 is 0 Å². The molecule has 98 valence electrons. The molecule has 3 N–H and O–H groups in total. The van der Waals surface area contributed by atoms with Crippen LogP contribution in [0.4, 0.5) is 5.69 Å². The van der Waals surface area contributed by atoms with Gasteiger partial charge in [-0.2, -0.15) is 0 Å². The molecular weight excluding hydrogens is 271 g/mol. The van der Waals surface area contributed by atoms with E-state index in [1.807, 2.05) is 0 Å². The number of rotatable bonds is 2. The van der Waals surface area contributed by atoms with Gasteiger partial charge < -0.3 is 11.1 Å². The maximum atomic E-state index is 12.1. The van der Waals surface area contributed by atoms with Crippen molar-refractivity contribution >= 4 is 34.8 Å². The van der Waals surface area contributed by atoms with Gasteiger partial charge in [-0.15, -0.1) is 0 Å². The first-order valence-corrected chi connectivity index (χ1v) is 6.85. The Hall–Kier alpha value is -0.770. The summed E-state index contributed by atoms with van der Waals surface area (Å²) in [5.41, 5.74) is 6.64. The molecule has 1 saturated carbocycles. The van der Waals surface area contributed by atoms with Gasteiger partial charge in [0.25, 0.3) is 0 Å². The summed E-state index contributed by atoms with van der Waals surface area (Å²) in [6.07, 6.45) is 3.94. The molecule has 0 spiro atoms. The van der Waals surface area contributed by atoms with E-state index in [0.29, 0.717) is 15.7 Å². The van der Waals surface area contributed by atoms with Crippen molar-refractivity contribution in [2.45, 2.75) is 31.7 Å². The highest BCUT2D eigenvalue weighted by Crippen LogP contribution is 2.27. The van der Waals surface area contributed by atoms with E-state index in [1.165, 1.54) is 0 Å². The van der Waals surface area contributed by atoms with Crippen molar-refractivity contribution in [3.8, 4) is 0 Å². The molecule has 0 heterocycles. The number of hydrogen-bond acceptors (Lipinski definition) is 2. The largest absolute Gasteiger partial charge is 0.327 e. The summed E-state index contributed by atoms with van der Waals surface area (Å²) >= 11 is 11.7. The average molecular weight is 287 g/mol. The van der Waals surface area contributed by atoms with Gasteiger partial charge in [0.05, 0.1) is 16.0 Å². The van der Waals surface area contributed by atoms with Crippen LogP contribution in [0.3, 0.4) is 0 Å². The molecule has 2 unspecified atom stereocenters. The van der Waals surface area contributed by atoms with Crippen LogP contribution in [0.5, 0.6) is 0 Å². The van der Waals surface area contributed by atoms with Gasteiger partial charge in [0.15, 0.2) is 0 Å². The van der Waals surface area contributed by atoms with E-state index >= 15 is 0 Å². The molecule has 5 heteroatoms. The molecule has 1 amide bonds. The summed E-state index contributed by atoms with van der Waals surface area (Å²) in [7, 11) is 0. The molecular formula is C13H16Cl2N2O. The molecule has 0 aromatic heterocycles. The molecule has 2 rings (SSSR count). The zero-order valence-electron chi connectivity index (χ0n) is 9.96. The smallest absolute Gasteiger partial charge is 0.229 e. The minimum Gasteiger partial charge on any atom is -0.327 e. The number of carbonyl (C=O) groups excluding carboxylic acids is 1. The van der Waals surface area contributed by atoms with Crippen molar-refractivity contribution in [1.82, 2.24) is 0 Å². The zero-order valence-corrected chi connectivity index (χ0v) is 11.5. The molecule has 1 fully saturated rings. The Bertz CT molecular complexity index is 451. The molecule has 3 nitrogen and oxygen atoms in total. The number of carbonyl (C=O) groups is 1. The van der Waals surface area contributed by atoms with Crippen molar-refractivity contribution in [3.63, 3.8) is 0 Å². The van der Waals surface area contributed by atoms with Gasteiger partial charge in [-0.1, -0.05) is 36.0 Å². The van der Waals surface area contributed by atoms with Crippen molar-refractivity contribution in [1.29, 1.82) is 0 Å². The van der Waals surface area contributed by atoms with Crippen molar-refractivity contribution in [2.75, 3.05) is 5.32 Å². The van der Waals surface area contributed by atoms with Gasteiger partial charge in [-0.3, -0.25) is 4.79 Å². The van der Waals surface area contributed by atoms with E-state index in [2.05, 4.69) is 5.32 Å². The quantitative estimate of drug-likeness (QED) is 0.875. The molecule has 1 aromatic rings. The highest BCUT2D eigenvalue weighted by Gasteiger charge is 2.28. The van der Waals surface area contributed by atoms with Gasteiger partial charge in [0.2, 0.25) is 5.91 Å². The van der Waals surface area contributed by atoms with Crippen LogP contribution in [-0.2, 0) is 4.79 Å². The molecule has 1 aliphatic rings. The lowest BCUT2D eigenvalue weighted by Gasteiger charge is -2.27. The van der Waals surface area contributed by atoms with Crippen molar-refractivity contribution in [3.05, 3.63) is 28.2 Å². The van der Waals surface area contributed by atoms with Crippen molar-refractivity contribution in [2.24, 2.45) is 11.7 Å². The normalized spacial score (nSPS) is 23.7. The minimum atomic E-state index is -0.104. The molecule has 18 heavy (non-hydrogen) atoms. The van der Waals surface area contributed by atoms with Crippen LogP contribution in [0, 0.1) is 5.92 Å². The Morgan fingerprint density at radius 1 is 1.22 bits per heavy atom. The average Bonchev–Trinajstić information content (AvgIpc) is 2.34. The lowest BCUT2D eigenvalue weighted by Crippen LogP contribution is -2.40. The highest BCUT2D eigenvalue weighted by atomic mass is 35.5. The summed E-state index contributed by atoms with van der Waals surface area (Å²) in [4.78, 5) is 12.1. The van der Waals surface area contributed by atoms with E-state index in [9.17, 15) is 4.79 Å². The fourth-order valence-corrected chi connectivity index (χ4v) is 2.59. The van der Waals surface area contributed by atoms with Gasteiger partial charge in [0.1, 0.15) is 0 Å². The first-order valence-electron chi connectivity index (χ1n) is 6.09. The Morgan fingerprint density at radius 3 is 2.61 bits per heavy atom. The second kappa shape index (κ2) is 5.91. The Labute approximate surface area is 117 Å². The number of anilines is 1. The number of nitrogens with one attached hydrogen (secondary N) is 1. The minimum absolute atomic E-state index is 0.0272. The third-order valence-corrected chi connectivity index (χ3v) is 4.08. The SMILES string of the molecule is NC1CCCCC1C(=O)Nc1ccc(Cl)c(Cl)c1. The third kappa shape index (κ3) is 3.16. The van der Waals surface area contributed by atoms with Crippen LogP contribution in [-0.4, -0.2) is 11.9 Å². The van der Waals surface area contributed by atoms with Crippen LogP contribution < -0.4 is 11.1 Å². The molecule has 0 saturated heterocycles. The number of benzene rings is 1. The predicted octanol–water partition coefficient (Wildman–Crippen LogP) is 3.45. The molecule has 0 aliphatic heterocycles. The Kier molecular flexibility index (Phi) is 4.49. The summed E-state index contributed by atoms with van der Waals surface area (Å²) in [6, 6.07) is 5.01. The number of amides is 1. The van der Waals surface area contributed by atoms with Gasteiger partial charge in [-0.05, 0) is 31.0 Å². The van der Waals surface area contributed by atoms with Crippen LogP contribution in [0.15, 0.2) is 18.2 Å².